The molecule has 0 atom stereocenters. The molecule has 0 aliphatic carbocycles. The first-order valence-electron chi connectivity index (χ1n) is 9.38. The number of imidazole rings is 1. The second kappa shape index (κ2) is 8.05. The van der Waals surface area contributed by atoms with Crippen molar-refractivity contribution in [2.75, 3.05) is 6.54 Å². The Morgan fingerprint density at radius 1 is 1.00 bits per heavy atom. The molecule has 0 radical (unpaired) electrons. The molecule has 2 aromatic heterocycles. The van der Waals surface area contributed by atoms with E-state index >= 15 is 0 Å². The highest BCUT2D eigenvalue weighted by Gasteiger charge is 2.12. The van der Waals surface area contributed by atoms with Crippen LogP contribution >= 0.6 is 0 Å². The van der Waals surface area contributed by atoms with E-state index in [0.29, 0.717) is 18.5 Å². The fourth-order valence-electron chi connectivity index (χ4n) is 3.26. The zero-order valence-corrected chi connectivity index (χ0v) is 15.8. The van der Waals surface area contributed by atoms with Crippen molar-refractivity contribution in [2.45, 2.75) is 19.9 Å². The number of carbonyl (C=O) groups excluding carboxylic acids is 1. The number of rotatable bonds is 6. The summed E-state index contributed by atoms with van der Waals surface area (Å²) in [6, 6.07) is 20.1. The summed E-state index contributed by atoms with van der Waals surface area (Å²) in [6.45, 7) is 3.38. The van der Waals surface area contributed by atoms with Gasteiger partial charge in [0.25, 0.3) is 5.91 Å². The van der Waals surface area contributed by atoms with Gasteiger partial charge >= 0.3 is 0 Å². The highest BCUT2D eigenvalue weighted by Crippen LogP contribution is 2.18. The first-order chi connectivity index (χ1) is 13.7. The molecule has 1 amide bonds. The first kappa shape index (κ1) is 17.9. The van der Waals surface area contributed by atoms with Crippen LogP contribution in [-0.4, -0.2) is 27.0 Å². The highest BCUT2D eigenvalue weighted by atomic mass is 16.1. The van der Waals surface area contributed by atoms with Gasteiger partial charge in [0.2, 0.25) is 0 Å². The minimum Gasteiger partial charge on any atom is -0.352 e. The highest BCUT2D eigenvalue weighted by molar-refractivity contribution is 5.93. The van der Waals surface area contributed by atoms with Gasteiger partial charge in [-0.15, -0.1) is 0 Å². The van der Waals surface area contributed by atoms with E-state index in [1.165, 1.54) is 11.1 Å². The third-order valence-corrected chi connectivity index (χ3v) is 4.77. The summed E-state index contributed by atoms with van der Waals surface area (Å²) in [5.74, 6) is 0.875. The van der Waals surface area contributed by atoms with Crippen molar-refractivity contribution in [3.63, 3.8) is 0 Å². The Bertz CT molecular complexity index is 1080. The number of aromatic nitrogens is 3. The molecule has 140 valence electrons. The number of hydrogen-bond donors (Lipinski definition) is 1. The smallest absolute Gasteiger partial charge is 0.251 e. The summed E-state index contributed by atoms with van der Waals surface area (Å²) in [5, 5.41) is 2.97. The van der Waals surface area contributed by atoms with Crippen molar-refractivity contribution < 1.29 is 4.79 Å². The lowest BCUT2D eigenvalue weighted by molar-refractivity contribution is 0.0954. The van der Waals surface area contributed by atoms with Crippen LogP contribution in [0.4, 0.5) is 0 Å². The number of amides is 1. The van der Waals surface area contributed by atoms with Crippen LogP contribution in [0.3, 0.4) is 0 Å². The van der Waals surface area contributed by atoms with Gasteiger partial charge in [-0.25, -0.2) is 4.98 Å². The van der Waals surface area contributed by atoms with Crippen molar-refractivity contribution in [2.24, 2.45) is 0 Å². The molecule has 5 nitrogen and oxygen atoms in total. The number of fused-ring (bicyclic) bond motifs is 1. The van der Waals surface area contributed by atoms with Crippen LogP contribution in [0.1, 0.15) is 27.3 Å². The van der Waals surface area contributed by atoms with Crippen molar-refractivity contribution in [3.8, 4) is 0 Å². The van der Waals surface area contributed by atoms with Gasteiger partial charge in [-0.1, -0.05) is 42.0 Å². The number of pyridine rings is 1. The molecule has 0 spiro atoms. The molecule has 4 aromatic rings. The van der Waals surface area contributed by atoms with Crippen molar-refractivity contribution in [3.05, 3.63) is 95.6 Å². The number of nitrogens with one attached hydrogen (secondary N) is 1. The maximum atomic E-state index is 12.2. The third kappa shape index (κ3) is 3.93. The van der Waals surface area contributed by atoms with Gasteiger partial charge in [-0.2, -0.15) is 0 Å². The molecule has 0 bridgehead atoms. The zero-order valence-electron chi connectivity index (χ0n) is 15.8. The summed E-state index contributed by atoms with van der Waals surface area (Å²) in [5.41, 5.74) is 5.18. The molecule has 0 aliphatic heterocycles. The molecule has 28 heavy (non-hydrogen) atoms. The predicted molar refractivity (Wildman–Crippen MR) is 110 cm³/mol. The number of aryl methyl sites for hydroxylation is 1. The van der Waals surface area contributed by atoms with E-state index in [1.807, 2.05) is 18.2 Å². The van der Waals surface area contributed by atoms with Crippen molar-refractivity contribution >= 4 is 16.9 Å². The van der Waals surface area contributed by atoms with Crippen LogP contribution in [0.5, 0.6) is 0 Å². The molecular formula is C23H22N4O. The van der Waals surface area contributed by atoms with Gasteiger partial charge < -0.3 is 9.88 Å². The summed E-state index contributed by atoms with van der Waals surface area (Å²) in [6.07, 6.45) is 3.91. The van der Waals surface area contributed by atoms with Crippen LogP contribution in [0.25, 0.3) is 11.0 Å². The number of benzene rings is 2. The topological polar surface area (TPSA) is 59.8 Å². The van der Waals surface area contributed by atoms with Crippen LogP contribution in [0.2, 0.25) is 0 Å². The van der Waals surface area contributed by atoms with E-state index in [1.54, 1.807) is 24.5 Å². The largest absolute Gasteiger partial charge is 0.352 e. The van der Waals surface area contributed by atoms with E-state index in [9.17, 15) is 4.79 Å². The average Bonchev–Trinajstić information content (AvgIpc) is 3.07. The molecule has 5 heteroatoms. The molecule has 2 heterocycles. The summed E-state index contributed by atoms with van der Waals surface area (Å²) in [4.78, 5) is 21.0. The maximum absolute atomic E-state index is 12.2. The van der Waals surface area contributed by atoms with Gasteiger partial charge in [0.1, 0.15) is 5.82 Å². The number of para-hydroxylation sites is 2. The molecule has 4 rings (SSSR count). The second-order valence-corrected chi connectivity index (χ2v) is 6.83. The Hall–Kier alpha value is -3.47. The van der Waals surface area contributed by atoms with Crippen LogP contribution in [0, 0.1) is 6.92 Å². The summed E-state index contributed by atoms with van der Waals surface area (Å²) >= 11 is 0. The minimum atomic E-state index is -0.0939. The Kier molecular flexibility index (Phi) is 5.15. The Morgan fingerprint density at radius 3 is 2.54 bits per heavy atom. The average molecular weight is 370 g/mol. The Balaban J connectivity index is 1.53. The van der Waals surface area contributed by atoms with E-state index in [0.717, 1.165) is 23.4 Å². The van der Waals surface area contributed by atoms with E-state index in [-0.39, 0.29) is 5.91 Å². The summed E-state index contributed by atoms with van der Waals surface area (Å²) < 4.78 is 2.23. The number of hydrogen-bond acceptors (Lipinski definition) is 3. The molecular weight excluding hydrogens is 348 g/mol. The van der Waals surface area contributed by atoms with Crippen LogP contribution < -0.4 is 5.32 Å². The van der Waals surface area contributed by atoms with Crippen LogP contribution in [0.15, 0.2) is 73.1 Å². The van der Waals surface area contributed by atoms with Gasteiger partial charge in [0, 0.05) is 37.5 Å². The Morgan fingerprint density at radius 2 is 1.75 bits per heavy atom. The molecule has 0 saturated heterocycles. The standard InChI is InChI=1S/C23H22N4O/c1-17-6-8-18(9-7-17)16-27-21-5-3-2-4-20(21)26-22(27)12-15-25-23(28)19-10-13-24-14-11-19/h2-11,13-14H,12,15-16H2,1H3,(H,25,28). The van der Waals surface area contributed by atoms with E-state index in [4.69, 9.17) is 4.98 Å². The maximum Gasteiger partial charge on any atom is 0.251 e. The van der Waals surface area contributed by atoms with Crippen LogP contribution in [-0.2, 0) is 13.0 Å². The Labute approximate surface area is 164 Å². The zero-order chi connectivity index (χ0) is 19.3. The number of carbonyl (C=O) groups is 1. The molecule has 0 fully saturated rings. The SMILES string of the molecule is Cc1ccc(Cn2c(CCNC(=O)c3ccncc3)nc3ccccc32)cc1. The summed E-state index contributed by atoms with van der Waals surface area (Å²) in [7, 11) is 0. The second-order valence-electron chi connectivity index (χ2n) is 6.83. The molecule has 0 saturated carbocycles. The lowest BCUT2D eigenvalue weighted by atomic mass is 10.1. The van der Waals surface area contributed by atoms with Gasteiger partial charge in [0.15, 0.2) is 0 Å². The number of nitrogens with zero attached hydrogens (tertiary/aromatic N) is 3. The first-order valence-corrected chi connectivity index (χ1v) is 9.38. The molecule has 1 N–H and O–H groups in total. The van der Waals surface area contributed by atoms with Gasteiger partial charge in [-0.05, 0) is 36.8 Å². The third-order valence-electron chi connectivity index (χ3n) is 4.77. The monoisotopic (exact) mass is 370 g/mol. The lowest BCUT2D eigenvalue weighted by Crippen LogP contribution is -2.26. The van der Waals surface area contributed by atoms with Crippen molar-refractivity contribution in [1.29, 1.82) is 0 Å². The van der Waals surface area contributed by atoms with Crippen molar-refractivity contribution in [1.82, 2.24) is 19.9 Å². The minimum absolute atomic E-state index is 0.0939. The normalized spacial score (nSPS) is 10.9. The molecule has 0 aliphatic rings. The molecule has 2 aromatic carbocycles. The quantitative estimate of drug-likeness (QED) is 0.562. The van der Waals surface area contributed by atoms with E-state index < -0.39 is 0 Å². The van der Waals surface area contributed by atoms with Gasteiger partial charge in [-0.3, -0.25) is 9.78 Å². The lowest BCUT2D eigenvalue weighted by Gasteiger charge is -2.10. The van der Waals surface area contributed by atoms with Gasteiger partial charge in [0.05, 0.1) is 11.0 Å². The van der Waals surface area contributed by atoms with E-state index in [2.05, 4.69) is 52.1 Å². The predicted octanol–water partition coefficient (Wildman–Crippen LogP) is 3.76. The fourth-order valence-corrected chi connectivity index (χ4v) is 3.26. The molecule has 0 unspecified atom stereocenters. The fraction of sp³-hybridized carbons (Fsp3) is 0.174.